The monoisotopic (exact) mass is 383 g/mol. The Kier molecular flexibility index (Phi) is 5.54. The van der Waals surface area contributed by atoms with Gasteiger partial charge >= 0.3 is 5.97 Å². The maximum absolute atomic E-state index is 12.2. The molecule has 144 valence electrons. The van der Waals surface area contributed by atoms with Gasteiger partial charge < -0.3 is 24.3 Å². The molecule has 2 aromatic heterocycles. The number of carbonyl (C=O) groups is 3. The number of rotatable bonds is 6. The molecule has 1 atom stereocenters. The molecule has 0 saturated carbocycles. The highest BCUT2D eigenvalue weighted by molar-refractivity contribution is 6.02. The lowest BCUT2D eigenvalue weighted by Gasteiger charge is -2.12. The molecule has 0 aliphatic carbocycles. The largest absolute Gasteiger partial charge is 0.459 e. The zero-order chi connectivity index (χ0) is 20.1. The molecule has 0 spiro atoms. The van der Waals surface area contributed by atoms with Gasteiger partial charge in [-0.15, -0.1) is 0 Å². The van der Waals surface area contributed by atoms with Crippen molar-refractivity contribution < 1.29 is 28.1 Å². The number of ether oxygens (including phenoxy) is 1. The van der Waals surface area contributed by atoms with Crippen molar-refractivity contribution in [3.8, 4) is 0 Å². The van der Waals surface area contributed by atoms with Gasteiger partial charge in [0, 0.05) is 11.8 Å². The summed E-state index contributed by atoms with van der Waals surface area (Å²) < 4.78 is 15.0. The second-order valence-corrected chi connectivity index (χ2v) is 5.87. The smallest absolute Gasteiger partial charge is 0.338 e. The highest BCUT2D eigenvalue weighted by atomic mass is 16.5. The van der Waals surface area contributed by atoms with Crippen molar-refractivity contribution in [1.29, 1.82) is 0 Å². The van der Waals surface area contributed by atoms with Crippen LogP contribution in [0.3, 0.4) is 0 Å². The van der Waals surface area contributed by atoms with Crippen molar-refractivity contribution in [2.45, 2.75) is 20.0 Å². The molecule has 0 aliphatic heterocycles. The summed E-state index contributed by atoms with van der Waals surface area (Å²) in [6, 6.07) is 10.7. The number of hydrogen-bond acceptors (Lipinski definition) is 7. The zero-order valence-corrected chi connectivity index (χ0v) is 15.1. The Hall–Kier alpha value is -3.88. The number of carbonyl (C=O) groups excluding carboxylic acids is 3. The van der Waals surface area contributed by atoms with Gasteiger partial charge in [-0.3, -0.25) is 9.59 Å². The Morgan fingerprint density at radius 3 is 2.46 bits per heavy atom. The summed E-state index contributed by atoms with van der Waals surface area (Å²) in [5, 5.41) is 8.76. The number of nitrogens with one attached hydrogen (secondary N) is 2. The summed E-state index contributed by atoms with van der Waals surface area (Å²) >= 11 is 0. The minimum atomic E-state index is -1.04. The third kappa shape index (κ3) is 4.64. The first-order valence-electron chi connectivity index (χ1n) is 8.32. The number of anilines is 2. The summed E-state index contributed by atoms with van der Waals surface area (Å²) in [4.78, 5) is 36.2. The van der Waals surface area contributed by atoms with Gasteiger partial charge in [0.2, 0.25) is 0 Å². The number of nitrogens with zero attached hydrogens (tertiary/aromatic N) is 1. The molecule has 0 unspecified atom stereocenters. The van der Waals surface area contributed by atoms with Gasteiger partial charge in [-0.05, 0) is 50.2 Å². The van der Waals surface area contributed by atoms with Crippen LogP contribution in [-0.4, -0.2) is 29.0 Å². The van der Waals surface area contributed by atoms with Gasteiger partial charge in [-0.2, -0.15) is 0 Å². The number of aromatic nitrogens is 1. The third-order valence-corrected chi connectivity index (χ3v) is 3.66. The summed E-state index contributed by atoms with van der Waals surface area (Å²) in [6.45, 7) is 3.13. The van der Waals surface area contributed by atoms with Crippen LogP contribution in [0.25, 0.3) is 0 Å². The van der Waals surface area contributed by atoms with E-state index in [2.05, 4.69) is 15.8 Å². The lowest BCUT2D eigenvalue weighted by Crippen LogP contribution is -2.30. The number of amides is 2. The van der Waals surface area contributed by atoms with E-state index in [-0.39, 0.29) is 17.1 Å². The van der Waals surface area contributed by atoms with Gasteiger partial charge in [0.05, 0.1) is 11.8 Å². The Morgan fingerprint density at radius 2 is 1.86 bits per heavy atom. The Balaban J connectivity index is 1.55. The number of aryl methyl sites for hydroxylation is 1. The predicted molar refractivity (Wildman–Crippen MR) is 97.9 cm³/mol. The first-order valence-corrected chi connectivity index (χ1v) is 8.32. The molecule has 0 saturated heterocycles. The standard InChI is InChI=1S/C19H17N3O6/c1-11-10-16(22-28-11)21-17(23)12(2)27-19(25)13-5-7-14(8-6-13)20-18(24)15-4-3-9-26-15/h3-10,12H,1-2H3,(H,20,24)(H,21,22,23)/t12-/m0/s1. The van der Waals surface area contributed by atoms with Crippen LogP contribution in [0.5, 0.6) is 0 Å². The van der Waals surface area contributed by atoms with Gasteiger partial charge in [-0.25, -0.2) is 4.79 Å². The molecule has 9 heteroatoms. The van der Waals surface area contributed by atoms with E-state index in [1.54, 1.807) is 31.2 Å². The van der Waals surface area contributed by atoms with E-state index in [9.17, 15) is 14.4 Å². The molecule has 2 N–H and O–H groups in total. The molecule has 0 bridgehead atoms. The summed E-state index contributed by atoms with van der Waals surface area (Å²) in [5.74, 6) is -0.674. The van der Waals surface area contributed by atoms with Gasteiger partial charge in [-0.1, -0.05) is 5.16 Å². The third-order valence-electron chi connectivity index (χ3n) is 3.66. The van der Waals surface area contributed by atoms with Crippen molar-refractivity contribution in [3.05, 3.63) is 65.8 Å². The van der Waals surface area contributed by atoms with Crippen LogP contribution in [0.2, 0.25) is 0 Å². The Labute approximate surface area is 159 Å². The number of furan rings is 1. The maximum atomic E-state index is 12.2. The van der Waals surface area contributed by atoms with Crippen LogP contribution in [-0.2, 0) is 9.53 Å². The number of esters is 1. The normalized spacial score (nSPS) is 11.5. The van der Waals surface area contributed by atoms with E-state index in [1.807, 2.05) is 0 Å². The van der Waals surface area contributed by atoms with Crippen LogP contribution < -0.4 is 10.6 Å². The number of hydrogen-bond donors (Lipinski definition) is 2. The highest BCUT2D eigenvalue weighted by Crippen LogP contribution is 2.14. The van der Waals surface area contributed by atoms with Gasteiger partial charge in [0.25, 0.3) is 11.8 Å². The van der Waals surface area contributed by atoms with Crippen molar-refractivity contribution >= 4 is 29.3 Å². The molecule has 28 heavy (non-hydrogen) atoms. The second kappa shape index (κ2) is 8.21. The van der Waals surface area contributed by atoms with Crippen molar-refractivity contribution in [1.82, 2.24) is 5.16 Å². The SMILES string of the molecule is Cc1cc(NC(=O)[C@H](C)OC(=O)c2ccc(NC(=O)c3ccco3)cc2)no1. The van der Waals surface area contributed by atoms with E-state index in [0.29, 0.717) is 11.4 Å². The summed E-state index contributed by atoms with van der Waals surface area (Å²) in [7, 11) is 0. The molecule has 1 aromatic carbocycles. The van der Waals surface area contributed by atoms with E-state index in [4.69, 9.17) is 13.7 Å². The van der Waals surface area contributed by atoms with Gasteiger partial charge in [0.15, 0.2) is 17.7 Å². The fraction of sp³-hybridized carbons (Fsp3) is 0.158. The molecule has 0 aliphatic rings. The molecular weight excluding hydrogens is 366 g/mol. The number of benzene rings is 1. The maximum Gasteiger partial charge on any atom is 0.338 e. The quantitative estimate of drug-likeness (QED) is 0.627. The van der Waals surface area contributed by atoms with Crippen LogP contribution in [0.4, 0.5) is 11.5 Å². The topological polar surface area (TPSA) is 124 Å². The summed E-state index contributed by atoms with van der Waals surface area (Å²) in [6.07, 6.45) is 0.359. The van der Waals surface area contributed by atoms with E-state index in [1.165, 1.54) is 31.4 Å². The first-order chi connectivity index (χ1) is 13.4. The molecule has 2 heterocycles. The Bertz CT molecular complexity index is 976. The minimum absolute atomic E-state index is 0.172. The fourth-order valence-electron chi connectivity index (χ4n) is 2.23. The average Bonchev–Trinajstić information content (AvgIpc) is 3.34. The molecular formula is C19H17N3O6. The zero-order valence-electron chi connectivity index (χ0n) is 15.1. The van der Waals surface area contributed by atoms with Crippen LogP contribution in [0.15, 0.2) is 57.7 Å². The lowest BCUT2D eigenvalue weighted by molar-refractivity contribution is -0.123. The van der Waals surface area contributed by atoms with E-state index >= 15 is 0 Å². The fourth-order valence-corrected chi connectivity index (χ4v) is 2.23. The molecule has 9 nitrogen and oxygen atoms in total. The highest BCUT2D eigenvalue weighted by Gasteiger charge is 2.20. The average molecular weight is 383 g/mol. The summed E-state index contributed by atoms with van der Waals surface area (Å²) in [5.41, 5.74) is 0.707. The minimum Gasteiger partial charge on any atom is -0.459 e. The van der Waals surface area contributed by atoms with E-state index in [0.717, 1.165) is 0 Å². The molecule has 0 fully saturated rings. The molecule has 2 amide bonds. The van der Waals surface area contributed by atoms with Crippen molar-refractivity contribution in [2.24, 2.45) is 0 Å². The van der Waals surface area contributed by atoms with Crippen LogP contribution in [0.1, 0.15) is 33.6 Å². The van der Waals surface area contributed by atoms with Crippen LogP contribution in [0, 0.1) is 6.92 Å². The second-order valence-electron chi connectivity index (χ2n) is 5.87. The Morgan fingerprint density at radius 1 is 1.11 bits per heavy atom. The molecule has 0 radical (unpaired) electrons. The molecule has 3 aromatic rings. The van der Waals surface area contributed by atoms with E-state index < -0.39 is 23.9 Å². The van der Waals surface area contributed by atoms with Gasteiger partial charge in [0.1, 0.15) is 5.76 Å². The lowest BCUT2D eigenvalue weighted by atomic mass is 10.2. The van der Waals surface area contributed by atoms with Crippen molar-refractivity contribution in [2.75, 3.05) is 10.6 Å². The molecule has 3 rings (SSSR count). The van der Waals surface area contributed by atoms with Crippen LogP contribution >= 0.6 is 0 Å². The van der Waals surface area contributed by atoms with Crippen molar-refractivity contribution in [3.63, 3.8) is 0 Å². The predicted octanol–water partition coefficient (Wildman–Crippen LogP) is 3.01. The first kappa shape index (κ1) is 18.9.